The van der Waals surface area contributed by atoms with E-state index in [1.54, 1.807) is 4.90 Å². The summed E-state index contributed by atoms with van der Waals surface area (Å²) in [5.74, 6) is 0.729. The lowest BCUT2D eigenvalue weighted by Crippen LogP contribution is -2.37. The summed E-state index contributed by atoms with van der Waals surface area (Å²) in [7, 11) is 0. The number of nitrogens with zero attached hydrogens (tertiary/aromatic N) is 1. The van der Waals surface area contributed by atoms with Crippen molar-refractivity contribution in [2.75, 3.05) is 13.1 Å². The molecule has 0 aromatic carbocycles. The maximum Gasteiger partial charge on any atom is 0.222 e. The van der Waals surface area contributed by atoms with Gasteiger partial charge in [0.25, 0.3) is 0 Å². The highest BCUT2D eigenvalue weighted by molar-refractivity contribution is 5.87. The maximum atomic E-state index is 12.0. The molecule has 0 N–H and O–H groups in total. The predicted octanol–water partition coefficient (Wildman–Crippen LogP) is 2.15. The SMILES string of the molecule is O=C(CN1CCCCCC1=O)C1CCCC1. The fourth-order valence-electron chi connectivity index (χ4n) is 2.77. The van der Waals surface area contributed by atoms with Gasteiger partial charge in [0, 0.05) is 18.9 Å². The van der Waals surface area contributed by atoms with Crippen molar-refractivity contribution in [3.63, 3.8) is 0 Å². The fourth-order valence-corrected chi connectivity index (χ4v) is 2.77. The van der Waals surface area contributed by atoms with E-state index in [2.05, 4.69) is 0 Å². The third kappa shape index (κ3) is 2.83. The highest BCUT2D eigenvalue weighted by Crippen LogP contribution is 2.26. The molecule has 2 aliphatic rings. The molecule has 90 valence electrons. The van der Waals surface area contributed by atoms with Gasteiger partial charge in [0.15, 0.2) is 5.78 Å². The van der Waals surface area contributed by atoms with Crippen molar-refractivity contribution in [3.8, 4) is 0 Å². The van der Waals surface area contributed by atoms with Crippen molar-refractivity contribution >= 4 is 11.7 Å². The number of hydrogen-bond donors (Lipinski definition) is 0. The van der Waals surface area contributed by atoms with E-state index < -0.39 is 0 Å². The van der Waals surface area contributed by atoms with Crippen molar-refractivity contribution in [3.05, 3.63) is 0 Å². The lowest BCUT2D eigenvalue weighted by molar-refractivity contribution is -0.136. The topological polar surface area (TPSA) is 37.4 Å². The fraction of sp³-hybridized carbons (Fsp3) is 0.846. The van der Waals surface area contributed by atoms with Crippen LogP contribution in [0.15, 0.2) is 0 Å². The summed E-state index contributed by atoms with van der Waals surface area (Å²) in [5, 5.41) is 0. The van der Waals surface area contributed by atoms with Gasteiger partial charge in [0.05, 0.1) is 6.54 Å². The van der Waals surface area contributed by atoms with Crippen molar-refractivity contribution in [1.29, 1.82) is 0 Å². The Kier molecular flexibility index (Phi) is 3.97. The minimum absolute atomic E-state index is 0.184. The number of rotatable bonds is 3. The average molecular weight is 223 g/mol. The van der Waals surface area contributed by atoms with Crippen LogP contribution >= 0.6 is 0 Å². The second-order valence-corrected chi connectivity index (χ2v) is 5.07. The number of likely N-dealkylation sites (tertiary alicyclic amines) is 1. The maximum absolute atomic E-state index is 12.0. The van der Waals surface area contributed by atoms with E-state index in [0.29, 0.717) is 18.7 Å². The van der Waals surface area contributed by atoms with Crippen molar-refractivity contribution in [2.24, 2.45) is 5.92 Å². The molecule has 1 aliphatic carbocycles. The Bertz CT molecular complexity index is 269. The third-order valence-corrected chi connectivity index (χ3v) is 3.83. The lowest BCUT2D eigenvalue weighted by atomic mass is 10.0. The van der Waals surface area contributed by atoms with Crippen molar-refractivity contribution in [2.45, 2.75) is 51.4 Å². The Morgan fingerprint density at radius 3 is 2.62 bits per heavy atom. The van der Waals surface area contributed by atoms with Gasteiger partial charge >= 0.3 is 0 Å². The average Bonchev–Trinajstić information content (AvgIpc) is 2.73. The van der Waals surface area contributed by atoms with Crippen molar-refractivity contribution < 1.29 is 9.59 Å². The molecular weight excluding hydrogens is 202 g/mol. The Labute approximate surface area is 97.2 Å². The van der Waals surface area contributed by atoms with Gasteiger partial charge in [0.2, 0.25) is 5.91 Å². The molecule has 0 aromatic rings. The van der Waals surface area contributed by atoms with Gasteiger partial charge in [-0.25, -0.2) is 0 Å². The molecule has 0 bridgehead atoms. The summed E-state index contributed by atoms with van der Waals surface area (Å²) in [4.78, 5) is 25.5. The normalized spacial score (nSPS) is 23.5. The number of carbonyl (C=O) groups is 2. The van der Waals surface area contributed by atoms with Crippen LogP contribution in [-0.4, -0.2) is 29.7 Å². The molecular formula is C13H21NO2. The first-order valence-electron chi connectivity index (χ1n) is 6.58. The van der Waals surface area contributed by atoms with E-state index in [4.69, 9.17) is 0 Å². The number of carbonyl (C=O) groups excluding carboxylic acids is 2. The molecule has 16 heavy (non-hydrogen) atoms. The standard InChI is InChI=1S/C13H21NO2/c15-12(11-6-3-4-7-11)10-14-9-5-1-2-8-13(14)16/h11H,1-10H2. The molecule has 1 aliphatic heterocycles. The summed E-state index contributed by atoms with van der Waals surface area (Å²) in [6.07, 6.45) is 8.27. The summed E-state index contributed by atoms with van der Waals surface area (Å²) in [6, 6.07) is 0. The van der Waals surface area contributed by atoms with E-state index >= 15 is 0 Å². The van der Waals surface area contributed by atoms with Gasteiger partial charge in [-0.15, -0.1) is 0 Å². The quantitative estimate of drug-likeness (QED) is 0.735. The summed E-state index contributed by atoms with van der Waals surface area (Å²) >= 11 is 0. The minimum atomic E-state index is 0.184. The van der Waals surface area contributed by atoms with Crippen LogP contribution in [0.2, 0.25) is 0 Å². The highest BCUT2D eigenvalue weighted by Gasteiger charge is 2.26. The zero-order chi connectivity index (χ0) is 11.4. The van der Waals surface area contributed by atoms with E-state index in [-0.39, 0.29) is 11.8 Å². The van der Waals surface area contributed by atoms with Crippen LogP contribution in [-0.2, 0) is 9.59 Å². The Morgan fingerprint density at radius 1 is 1.12 bits per heavy atom. The summed E-state index contributed by atoms with van der Waals surface area (Å²) < 4.78 is 0. The van der Waals surface area contributed by atoms with E-state index in [1.807, 2.05) is 0 Å². The Balaban J connectivity index is 1.86. The van der Waals surface area contributed by atoms with E-state index in [1.165, 1.54) is 12.8 Å². The number of ketones is 1. The summed E-state index contributed by atoms with van der Waals surface area (Å²) in [6.45, 7) is 1.17. The van der Waals surface area contributed by atoms with E-state index in [0.717, 1.165) is 38.6 Å². The molecule has 0 spiro atoms. The number of Topliss-reactive ketones (excluding diaryl/α,β-unsaturated/α-hetero) is 1. The monoisotopic (exact) mass is 223 g/mol. The number of amides is 1. The first-order chi connectivity index (χ1) is 7.77. The molecule has 0 radical (unpaired) electrons. The molecule has 3 heteroatoms. The van der Waals surface area contributed by atoms with Crippen LogP contribution in [0.5, 0.6) is 0 Å². The van der Waals surface area contributed by atoms with Crippen molar-refractivity contribution in [1.82, 2.24) is 4.90 Å². The smallest absolute Gasteiger partial charge is 0.222 e. The van der Waals surface area contributed by atoms with E-state index in [9.17, 15) is 9.59 Å². The second kappa shape index (κ2) is 5.46. The molecule has 2 fully saturated rings. The molecule has 2 rings (SSSR count). The first kappa shape index (κ1) is 11.6. The van der Waals surface area contributed by atoms with Crippen LogP contribution < -0.4 is 0 Å². The van der Waals surface area contributed by atoms with Crippen LogP contribution in [0.25, 0.3) is 0 Å². The zero-order valence-corrected chi connectivity index (χ0v) is 9.91. The van der Waals surface area contributed by atoms with Gasteiger partial charge in [-0.2, -0.15) is 0 Å². The largest absolute Gasteiger partial charge is 0.335 e. The van der Waals surface area contributed by atoms with Crippen LogP contribution in [0.1, 0.15) is 51.4 Å². The molecule has 0 aromatic heterocycles. The molecule has 1 amide bonds. The van der Waals surface area contributed by atoms with Gasteiger partial charge in [-0.1, -0.05) is 19.3 Å². The Morgan fingerprint density at radius 2 is 1.88 bits per heavy atom. The van der Waals surface area contributed by atoms with Crippen LogP contribution in [0.4, 0.5) is 0 Å². The minimum Gasteiger partial charge on any atom is -0.335 e. The summed E-state index contributed by atoms with van der Waals surface area (Å²) in [5.41, 5.74) is 0. The zero-order valence-electron chi connectivity index (χ0n) is 9.91. The molecule has 1 saturated heterocycles. The molecule has 3 nitrogen and oxygen atoms in total. The Hall–Kier alpha value is -0.860. The molecule has 0 unspecified atom stereocenters. The van der Waals surface area contributed by atoms with Gasteiger partial charge in [-0.05, 0) is 25.7 Å². The molecule has 0 atom stereocenters. The van der Waals surface area contributed by atoms with Gasteiger partial charge < -0.3 is 4.90 Å². The molecule has 1 saturated carbocycles. The number of hydrogen-bond acceptors (Lipinski definition) is 2. The van der Waals surface area contributed by atoms with Gasteiger partial charge in [0.1, 0.15) is 0 Å². The van der Waals surface area contributed by atoms with Crippen LogP contribution in [0, 0.1) is 5.92 Å². The first-order valence-corrected chi connectivity index (χ1v) is 6.58. The third-order valence-electron chi connectivity index (χ3n) is 3.83. The predicted molar refractivity (Wildman–Crippen MR) is 62.0 cm³/mol. The second-order valence-electron chi connectivity index (χ2n) is 5.07. The van der Waals surface area contributed by atoms with Gasteiger partial charge in [-0.3, -0.25) is 9.59 Å². The lowest BCUT2D eigenvalue weighted by Gasteiger charge is -2.21. The van der Waals surface area contributed by atoms with Crippen LogP contribution in [0.3, 0.4) is 0 Å². The molecule has 1 heterocycles. The highest BCUT2D eigenvalue weighted by atomic mass is 16.2.